The van der Waals surface area contributed by atoms with E-state index in [1.807, 2.05) is 22.8 Å². The number of aromatic nitrogens is 2. The summed E-state index contributed by atoms with van der Waals surface area (Å²) in [5.74, 6) is 0.321. The summed E-state index contributed by atoms with van der Waals surface area (Å²) in [6, 6.07) is 10.4. The molecule has 2 aromatic carbocycles. The fourth-order valence-electron chi connectivity index (χ4n) is 2.50. The van der Waals surface area contributed by atoms with E-state index in [1.54, 1.807) is 12.1 Å². The lowest BCUT2D eigenvalue weighted by atomic mass is 10.1. The second-order valence-electron chi connectivity index (χ2n) is 4.90. The van der Waals surface area contributed by atoms with E-state index < -0.39 is 0 Å². The number of aryl methyl sites for hydroxylation is 1. The van der Waals surface area contributed by atoms with Gasteiger partial charge in [-0.25, -0.2) is 9.37 Å². The second-order valence-corrected chi connectivity index (χ2v) is 5.30. The van der Waals surface area contributed by atoms with Gasteiger partial charge in [0.1, 0.15) is 11.3 Å². The fourth-order valence-corrected chi connectivity index (χ4v) is 2.67. The van der Waals surface area contributed by atoms with Crippen molar-refractivity contribution < 1.29 is 4.39 Å². The van der Waals surface area contributed by atoms with Crippen LogP contribution in [0.25, 0.3) is 22.4 Å². The molecule has 1 heterocycles. The first-order valence-corrected chi connectivity index (χ1v) is 7.20. The molecule has 0 saturated heterocycles. The summed E-state index contributed by atoms with van der Waals surface area (Å²) in [7, 11) is 0. The maximum Gasteiger partial charge on any atom is 0.151 e. The number of rotatable bonds is 3. The van der Waals surface area contributed by atoms with Crippen LogP contribution in [0.2, 0.25) is 5.02 Å². The van der Waals surface area contributed by atoms with Crippen molar-refractivity contribution in [3.05, 3.63) is 47.2 Å². The van der Waals surface area contributed by atoms with Crippen LogP contribution < -0.4 is 5.73 Å². The average Bonchev–Trinajstić information content (AvgIpc) is 2.83. The number of nitrogens with two attached hydrogens (primary N) is 1. The molecule has 0 saturated carbocycles. The highest BCUT2D eigenvalue weighted by Gasteiger charge is 2.17. The van der Waals surface area contributed by atoms with Gasteiger partial charge >= 0.3 is 0 Å². The van der Waals surface area contributed by atoms with Gasteiger partial charge in [-0.05, 0) is 30.7 Å². The summed E-state index contributed by atoms with van der Waals surface area (Å²) in [5, 5.41) is 0.475. The molecule has 3 nitrogen and oxygen atoms in total. The number of halogens is 2. The van der Waals surface area contributed by atoms with Crippen LogP contribution in [-0.4, -0.2) is 9.55 Å². The zero-order valence-electron chi connectivity index (χ0n) is 11.6. The Labute approximate surface area is 127 Å². The van der Waals surface area contributed by atoms with Gasteiger partial charge in [-0.3, -0.25) is 0 Å². The first-order valence-electron chi connectivity index (χ1n) is 6.82. The molecule has 3 aromatic rings. The first kappa shape index (κ1) is 13.9. The Morgan fingerprint density at radius 1 is 1.24 bits per heavy atom. The zero-order valence-corrected chi connectivity index (χ0v) is 12.4. The number of hydrogen-bond acceptors (Lipinski definition) is 2. The third-order valence-electron chi connectivity index (χ3n) is 3.47. The third-order valence-corrected chi connectivity index (χ3v) is 3.80. The number of imidazole rings is 1. The minimum atomic E-state index is -0.329. The van der Waals surface area contributed by atoms with Gasteiger partial charge in [0.2, 0.25) is 0 Å². The molecule has 1 aromatic heterocycles. The number of benzene rings is 2. The van der Waals surface area contributed by atoms with Crippen molar-refractivity contribution in [3.63, 3.8) is 0 Å². The van der Waals surface area contributed by atoms with Crippen LogP contribution in [0.4, 0.5) is 10.1 Å². The van der Waals surface area contributed by atoms with E-state index in [1.165, 1.54) is 6.07 Å². The molecule has 0 fully saturated rings. The molecular weight excluding hydrogens is 289 g/mol. The van der Waals surface area contributed by atoms with Crippen molar-refractivity contribution in [3.8, 4) is 11.4 Å². The second kappa shape index (κ2) is 5.37. The van der Waals surface area contributed by atoms with Gasteiger partial charge in [-0.1, -0.05) is 30.7 Å². The molecule has 0 aliphatic rings. The van der Waals surface area contributed by atoms with Crippen molar-refractivity contribution in [1.82, 2.24) is 9.55 Å². The highest BCUT2D eigenvalue weighted by Crippen LogP contribution is 2.33. The number of nitrogen functional groups attached to an aromatic ring is 1. The van der Waals surface area contributed by atoms with Crippen LogP contribution in [0.1, 0.15) is 13.3 Å². The summed E-state index contributed by atoms with van der Waals surface area (Å²) >= 11 is 6.09. The standard InChI is InChI=1S/C16H15ClFN3/c1-2-9-21-13-8-4-7-12(18)15(13)20-16(21)10-5-3-6-11(17)14(10)19/h3-8H,2,9,19H2,1H3. The predicted octanol–water partition coefficient (Wildman–Crippen LogP) is 4.49. The average molecular weight is 304 g/mol. The third kappa shape index (κ3) is 2.25. The van der Waals surface area contributed by atoms with Crippen molar-refractivity contribution in [2.45, 2.75) is 19.9 Å². The molecule has 0 atom stereocenters. The smallest absolute Gasteiger partial charge is 0.151 e. The monoisotopic (exact) mass is 303 g/mol. The Kier molecular flexibility index (Phi) is 3.55. The van der Waals surface area contributed by atoms with Crippen LogP contribution in [0, 0.1) is 5.82 Å². The zero-order chi connectivity index (χ0) is 15.0. The minimum Gasteiger partial charge on any atom is -0.397 e. The molecule has 0 bridgehead atoms. The lowest BCUT2D eigenvalue weighted by molar-refractivity contribution is 0.637. The van der Waals surface area contributed by atoms with Gasteiger partial charge < -0.3 is 10.3 Å². The Morgan fingerprint density at radius 3 is 2.76 bits per heavy atom. The van der Waals surface area contributed by atoms with Crippen LogP contribution in [0.5, 0.6) is 0 Å². The highest BCUT2D eigenvalue weighted by molar-refractivity contribution is 6.33. The number of para-hydroxylation sites is 2. The molecule has 0 aliphatic heterocycles. The van der Waals surface area contributed by atoms with Gasteiger partial charge in [0, 0.05) is 12.1 Å². The van der Waals surface area contributed by atoms with E-state index in [4.69, 9.17) is 17.3 Å². The lowest BCUT2D eigenvalue weighted by Gasteiger charge is -2.10. The normalized spacial score (nSPS) is 11.2. The topological polar surface area (TPSA) is 43.8 Å². The van der Waals surface area contributed by atoms with Gasteiger partial charge in [0.05, 0.1) is 16.2 Å². The van der Waals surface area contributed by atoms with Crippen LogP contribution in [-0.2, 0) is 6.54 Å². The van der Waals surface area contributed by atoms with Crippen LogP contribution >= 0.6 is 11.6 Å². The molecule has 0 amide bonds. The molecular formula is C16H15ClFN3. The largest absolute Gasteiger partial charge is 0.397 e. The van der Waals surface area contributed by atoms with Crippen molar-refractivity contribution in [1.29, 1.82) is 0 Å². The molecule has 0 aliphatic carbocycles. The Hall–Kier alpha value is -2.07. The Balaban J connectivity index is 2.33. The number of anilines is 1. The summed E-state index contributed by atoms with van der Waals surface area (Å²) in [6.07, 6.45) is 0.912. The van der Waals surface area contributed by atoms with E-state index in [-0.39, 0.29) is 5.82 Å². The van der Waals surface area contributed by atoms with Gasteiger partial charge in [-0.2, -0.15) is 0 Å². The van der Waals surface area contributed by atoms with E-state index in [9.17, 15) is 4.39 Å². The fraction of sp³-hybridized carbons (Fsp3) is 0.188. The number of hydrogen-bond donors (Lipinski definition) is 1. The van der Waals surface area contributed by atoms with E-state index >= 15 is 0 Å². The maximum absolute atomic E-state index is 14.0. The van der Waals surface area contributed by atoms with Gasteiger partial charge in [0.15, 0.2) is 5.82 Å². The highest BCUT2D eigenvalue weighted by atomic mass is 35.5. The maximum atomic E-state index is 14.0. The molecule has 3 rings (SSSR count). The predicted molar refractivity (Wildman–Crippen MR) is 84.8 cm³/mol. The van der Waals surface area contributed by atoms with E-state index in [0.717, 1.165) is 24.0 Å². The van der Waals surface area contributed by atoms with Gasteiger partial charge in [-0.15, -0.1) is 0 Å². The summed E-state index contributed by atoms with van der Waals surface area (Å²) in [6.45, 7) is 2.80. The summed E-state index contributed by atoms with van der Waals surface area (Å²) in [5.41, 5.74) is 8.38. The van der Waals surface area contributed by atoms with Crippen molar-refractivity contribution in [2.24, 2.45) is 0 Å². The molecule has 0 unspecified atom stereocenters. The summed E-state index contributed by atoms with van der Waals surface area (Å²) in [4.78, 5) is 4.45. The molecule has 5 heteroatoms. The number of fused-ring (bicyclic) bond motifs is 1. The van der Waals surface area contributed by atoms with Gasteiger partial charge in [0.25, 0.3) is 0 Å². The SMILES string of the molecule is CCCn1c(-c2cccc(Cl)c2N)nc2c(F)cccc21. The molecule has 0 spiro atoms. The summed E-state index contributed by atoms with van der Waals surface area (Å²) < 4.78 is 16.0. The minimum absolute atomic E-state index is 0.329. The van der Waals surface area contributed by atoms with E-state index in [0.29, 0.717) is 22.1 Å². The molecule has 108 valence electrons. The van der Waals surface area contributed by atoms with Crippen molar-refractivity contribution in [2.75, 3.05) is 5.73 Å². The molecule has 0 radical (unpaired) electrons. The Morgan fingerprint density at radius 2 is 2.00 bits per heavy atom. The lowest BCUT2D eigenvalue weighted by Crippen LogP contribution is -2.02. The number of nitrogens with zero attached hydrogens (tertiary/aromatic N) is 2. The first-order chi connectivity index (χ1) is 10.1. The van der Waals surface area contributed by atoms with E-state index in [2.05, 4.69) is 11.9 Å². The Bertz CT molecular complexity index is 811. The van der Waals surface area contributed by atoms with Crippen LogP contribution in [0.3, 0.4) is 0 Å². The molecule has 2 N–H and O–H groups in total. The quantitative estimate of drug-likeness (QED) is 0.725. The molecule has 21 heavy (non-hydrogen) atoms. The van der Waals surface area contributed by atoms with Crippen molar-refractivity contribution >= 4 is 28.3 Å². The van der Waals surface area contributed by atoms with Crippen LogP contribution in [0.15, 0.2) is 36.4 Å².